The van der Waals surface area contributed by atoms with Crippen molar-refractivity contribution in [1.29, 1.82) is 0 Å². The van der Waals surface area contributed by atoms with E-state index in [-0.39, 0.29) is 12.4 Å². The van der Waals surface area contributed by atoms with E-state index in [0.29, 0.717) is 11.6 Å². The van der Waals surface area contributed by atoms with Gasteiger partial charge in [0.05, 0.1) is 5.02 Å². The molecule has 0 unspecified atom stereocenters. The van der Waals surface area contributed by atoms with Crippen LogP contribution in [0.25, 0.3) is 0 Å². The molecule has 0 saturated carbocycles. The molecule has 27 heavy (non-hydrogen) atoms. The summed E-state index contributed by atoms with van der Waals surface area (Å²) in [5.41, 5.74) is 4.27. The van der Waals surface area contributed by atoms with Gasteiger partial charge in [-0.1, -0.05) is 63.4 Å². The summed E-state index contributed by atoms with van der Waals surface area (Å²) in [7, 11) is 0. The number of ether oxygens (including phenoxy) is 1. The smallest absolute Gasteiger partial charge is 0.124 e. The van der Waals surface area contributed by atoms with Crippen molar-refractivity contribution in [3.8, 4) is 5.75 Å². The van der Waals surface area contributed by atoms with E-state index in [9.17, 15) is 4.39 Å². The fraction of sp³-hybridized carbons (Fsp3) is 0.182. The molecule has 0 fully saturated rings. The Morgan fingerprint density at radius 2 is 1.74 bits per heavy atom. The summed E-state index contributed by atoms with van der Waals surface area (Å²) in [5.74, 6) is 0.420. The second kappa shape index (κ2) is 9.36. The van der Waals surface area contributed by atoms with Gasteiger partial charge in [-0.3, -0.25) is 0 Å². The molecule has 0 aromatic heterocycles. The number of aryl methyl sites for hydroxylation is 1. The fourth-order valence-corrected chi connectivity index (χ4v) is 3.30. The van der Waals surface area contributed by atoms with Gasteiger partial charge >= 0.3 is 0 Å². The normalized spacial score (nSPS) is 10.8. The van der Waals surface area contributed by atoms with Crippen LogP contribution in [0.2, 0.25) is 5.02 Å². The first-order chi connectivity index (χ1) is 13.0. The molecule has 0 amide bonds. The molecule has 3 aromatic carbocycles. The third-order valence-corrected chi connectivity index (χ3v) is 5.03. The quantitative estimate of drug-likeness (QED) is 0.450. The minimum Gasteiger partial charge on any atom is -0.489 e. The van der Waals surface area contributed by atoms with E-state index in [0.717, 1.165) is 27.9 Å². The summed E-state index contributed by atoms with van der Waals surface area (Å²) < 4.78 is 20.1. The average molecular weight is 449 g/mol. The van der Waals surface area contributed by atoms with E-state index in [1.165, 1.54) is 23.3 Å². The van der Waals surface area contributed by atoms with Gasteiger partial charge in [0.1, 0.15) is 18.2 Å². The van der Waals surface area contributed by atoms with Crippen molar-refractivity contribution in [2.24, 2.45) is 0 Å². The second-order valence-electron chi connectivity index (χ2n) is 6.37. The van der Waals surface area contributed by atoms with Gasteiger partial charge in [-0.15, -0.1) is 0 Å². The Morgan fingerprint density at radius 3 is 2.48 bits per heavy atom. The summed E-state index contributed by atoms with van der Waals surface area (Å²) in [6.07, 6.45) is 0. The van der Waals surface area contributed by atoms with Crippen molar-refractivity contribution >= 4 is 27.5 Å². The fourth-order valence-electron chi connectivity index (χ4n) is 2.67. The largest absolute Gasteiger partial charge is 0.489 e. The van der Waals surface area contributed by atoms with Crippen molar-refractivity contribution < 1.29 is 9.13 Å². The molecule has 0 aliphatic carbocycles. The highest BCUT2D eigenvalue weighted by Gasteiger charge is 2.08. The molecular formula is C22H20BrClFNO. The molecule has 0 spiro atoms. The Balaban J connectivity index is 1.64. The van der Waals surface area contributed by atoms with E-state index in [4.69, 9.17) is 16.3 Å². The average Bonchev–Trinajstić information content (AvgIpc) is 2.64. The number of rotatable bonds is 7. The lowest BCUT2D eigenvalue weighted by atomic mass is 10.1. The Labute approximate surface area is 172 Å². The van der Waals surface area contributed by atoms with Crippen molar-refractivity contribution in [3.63, 3.8) is 0 Å². The van der Waals surface area contributed by atoms with Crippen LogP contribution in [-0.2, 0) is 19.7 Å². The summed E-state index contributed by atoms with van der Waals surface area (Å²) in [4.78, 5) is 0. The number of hydrogen-bond acceptors (Lipinski definition) is 2. The van der Waals surface area contributed by atoms with Crippen LogP contribution in [0.15, 0.2) is 65.1 Å². The van der Waals surface area contributed by atoms with E-state index >= 15 is 0 Å². The maximum absolute atomic E-state index is 13.2. The molecule has 0 heterocycles. The predicted molar refractivity (Wildman–Crippen MR) is 112 cm³/mol. The van der Waals surface area contributed by atoms with Crippen LogP contribution in [0.5, 0.6) is 5.75 Å². The highest BCUT2D eigenvalue weighted by atomic mass is 79.9. The predicted octanol–water partition coefficient (Wildman–Crippen LogP) is 6.42. The standard InChI is InChI=1S/C22H20BrClFNO/c1-15-2-4-16(5-3-15)12-26-13-18-10-19(23)7-9-22(18)27-14-17-6-8-20(25)11-21(17)24/h2-11,26H,12-14H2,1H3. The Morgan fingerprint density at radius 1 is 0.963 bits per heavy atom. The van der Waals surface area contributed by atoms with Crippen LogP contribution in [0, 0.1) is 12.7 Å². The minimum absolute atomic E-state index is 0.283. The van der Waals surface area contributed by atoms with Gasteiger partial charge in [-0.2, -0.15) is 0 Å². The first kappa shape index (κ1) is 19.9. The second-order valence-corrected chi connectivity index (χ2v) is 7.69. The minimum atomic E-state index is -0.353. The number of benzene rings is 3. The van der Waals surface area contributed by atoms with Crippen LogP contribution < -0.4 is 10.1 Å². The molecule has 0 bridgehead atoms. The summed E-state index contributed by atoms with van der Waals surface area (Å²) >= 11 is 9.59. The van der Waals surface area contributed by atoms with Crippen LogP contribution in [0.1, 0.15) is 22.3 Å². The monoisotopic (exact) mass is 447 g/mol. The molecule has 1 N–H and O–H groups in total. The van der Waals surface area contributed by atoms with E-state index in [1.54, 1.807) is 6.07 Å². The maximum atomic E-state index is 13.2. The number of halogens is 3. The maximum Gasteiger partial charge on any atom is 0.124 e. The van der Waals surface area contributed by atoms with Gasteiger partial charge in [0.25, 0.3) is 0 Å². The van der Waals surface area contributed by atoms with Crippen LogP contribution in [-0.4, -0.2) is 0 Å². The van der Waals surface area contributed by atoms with Gasteiger partial charge in [0.2, 0.25) is 0 Å². The first-order valence-corrected chi connectivity index (χ1v) is 9.80. The molecule has 5 heteroatoms. The zero-order valence-electron chi connectivity index (χ0n) is 14.9. The van der Waals surface area contributed by atoms with Gasteiger partial charge in [0.15, 0.2) is 0 Å². The third-order valence-electron chi connectivity index (χ3n) is 4.19. The van der Waals surface area contributed by atoms with Crippen molar-refractivity contribution in [2.45, 2.75) is 26.6 Å². The summed E-state index contributed by atoms with van der Waals surface area (Å²) in [5, 5.41) is 3.81. The Kier molecular flexibility index (Phi) is 6.89. The van der Waals surface area contributed by atoms with Crippen LogP contribution in [0.3, 0.4) is 0 Å². The molecule has 3 rings (SSSR count). The van der Waals surface area contributed by atoms with Crippen LogP contribution in [0.4, 0.5) is 4.39 Å². The molecule has 0 saturated heterocycles. The lowest BCUT2D eigenvalue weighted by Crippen LogP contribution is -2.13. The zero-order chi connectivity index (χ0) is 19.2. The molecule has 0 aliphatic rings. The molecule has 140 valence electrons. The molecular weight excluding hydrogens is 429 g/mol. The van der Waals surface area contributed by atoms with Crippen molar-refractivity contribution in [3.05, 3.63) is 98.2 Å². The highest BCUT2D eigenvalue weighted by Crippen LogP contribution is 2.26. The van der Waals surface area contributed by atoms with Crippen molar-refractivity contribution in [2.75, 3.05) is 0 Å². The third kappa shape index (κ3) is 5.80. The first-order valence-electron chi connectivity index (χ1n) is 8.62. The van der Waals surface area contributed by atoms with Gasteiger partial charge in [-0.05, 0) is 42.8 Å². The van der Waals surface area contributed by atoms with Crippen molar-refractivity contribution in [1.82, 2.24) is 5.32 Å². The Hall–Kier alpha value is -1.88. The van der Waals surface area contributed by atoms with Crippen LogP contribution >= 0.6 is 27.5 Å². The summed E-state index contributed by atoms with van der Waals surface area (Å²) in [6.45, 7) is 3.80. The molecule has 0 radical (unpaired) electrons. The zero-order valence-corrected chi connectivity index (χ0v) is 17.3. The highest BCUT2D eigenvalue weighted by molar-refractivity contribution is 9.10. The lowest BCUT2D eigenvalue weighted by Gasteiger charge is -2.14. The lowest BCUT2D eigenvalue weighted by molar-refractivity contribution is 0.302. The molecule has 3 aromatic rings. The van der Waals surface area contributed by atoms with Gasteiger partial charge < -0.3 is 10.1 Å². The topological polar surface area (TPSA) is 21.3 Å². The Bertz CT molecular complexity index is 915. The number of nitrogens with one attached hydrogen (secondary N) is 1. The van der Waals surface area contributed by atoms with E-state index in [2.05, 4.69) is 52.4 Å². The van der Waals surface area contributed by atoms with Gasteiger partial charge in [0, 0.05) is 28.7 Å². The van der Waals surface area contributed by atoms with Gasteiger partial charge in [-0.25, -0.2) is 4.39 Å². The van der Waals surface area contributed by atoms with E-state index in [1.807, 2.05) is 18.2 Å². The summed E-state index contributed by atoms with van der Waals surface area (Å²) in [6, 6.07) is 18.7. The number of hydrogen-bond donors (Lipinski definition) is 1. The SMILES string of the molecule is Cc1ccc(CNCc2cc(Br)ccc2OCc2ccc(F)cc2Cl)cc1. The molecule has 0 atom stereocenters. The van der Waals surface area contributed by atoms with E-state index < -0.39 is 0 Å². The molecule has 2 nitrogen and oxygen atoms in total. The molecule has 0 aliphatic heterocycles.